The van der Waals surface area contributed by atoms with Crippen molar-refractivity contribution >= 4 is 0 Å². The lowest BCUT2D eigenvalue weighted by Crippen LogP contribution is -2.21. The van der Waals surface area contributed by atoms with Gasteiger partial charge in [0.2, 0.25) is 0 Å². The number of fused-ring (bicyclic) bond motifs is 2. The van der Waals surface area contributed by atoms with Gasteiger partial charge in [0.15, 0.2) is 0 Å². The number of nitrogens with zero attached hydrogens (tertiary/aromatic N) is 1. The van der Waals surface area contributed by atoms with Gasteiger partial charge >= 0.3 is 0 Å². The van der Waals surface area contributed by atoms with Crippen LogP contribution >= 0.6 is 0 Å². The molecule has 2 aliphatic heterocycles. The summed E-state index contributed by atoms with van der Waals surface area (Å²) in [5.41, 5.74) is 3.34. The molecular weight excluding hydrogens is 256 g/mol. The maximum absolute atomic E-state index is 4.34. The van der Waals surface area contributed by atoms with E-state index in [0.717, 1.165) is 11.1 Å². The van der Waals surface area contributed by atoms with Crippen molar-refractivity contribution < 1.29 is 0 Å². The van der Waals surface area contributed by atoms with E-state index >= 15 is 0 Å². The van der Waals surface area contributed by atoms with Crippen LogP contribution in [0.15, 0.2) is 48.8 Å². The number of nitrogens with one attached hydrogen (secondary N) is 1. The molecule has 3 atom stereocenters. The number of aromatic nitrogens is 1. The normalized spacial score (nSPS) is 26.4. The van der Waals surface area contributed by atoms with Crippen LogP contribution in [0.1, 0.15) is 24.8 Å². The minimum absolute atomic E-state index is 0.518. The standard InChI is InChI=1S/C19H18N2/c1-2-4-15(5-3-1)17-10-14(12-20-13-17)6-7-16-11-18-8-9-19(16)21-18/h1-5,10,12-13,16,18-19,21H,8-9,11H2. The van der Waals surface area contributed by atoms with Crippen molar-refractivity contribution in [1.29, 1.82) is 0 Å². The number of benzene rings is 1. The second kappa shape index (κ2) is 5.35. The van der Waals surface area contributed by atoms with Crippen molar-refractivity contribution in [2.24, 2.45) is 5.92 Å². The van der Waals surface area contributed by atoms with Crippen LogP contribution in [-0.2, 0) is 0 Å². The fourth-order valence-electron chi connectivity index (χ4n) is 3.46. The van der Waals surface area contributed by atoms with Gasteiger partial charge in [-0.2, -0.15) is 0 Å². The highest BCUT2D eigenvalue weighted by Gasteiger charge is 2.37. The number of hydrogen-bond acceptors (Lipinski definition) is 2. The minimum atomic E-state index is 0.518. The SMILES string of the molecule is C(#CC1CC2CCC1N2)c1cncc(-c2ccccc2)c1. The number of pyridine rings is 1. The third-order valence-corrected chi connectivity index (χ3v) is 4.55. The van der Waals surface area contributed by atoms with Crippen LogP contribution in [0.3, 0.4) is 0 Å². The second-order valence-corrected chi connectivity index (χ2v) is 5.99. The maximum atomic E-state index is 4.34. The van der Waals surface area contributed by atoms with Gasteiger partial charge in [-0.15, -0.1) is 0 Å². The van der Waals surface area contributed by atoms with Gasteiger partial charge in [0, 0.05) is 41.5 Å². The molecule has 0 radical (unpaired) electrons. The Kier molecular flexibility index (Phi) is 3.21. The molecule has 4 rings (SSSR count). The molecule has 2 nitrogen and oxygen atoms in total. The highest BCUT2D eigenvalue weighted by Crippen LogP contribution is 2.32. The third kappa shape index (κ3) is 2.57. The van der Waals surface area contributed by atoms with Gasteiger partial charge in [-0.3, -0.25) is 4.98 Å². The summed E-state index contributed by atoms with van der Waals surface area (Å²) in [4.78, 5) is 4.34. The Morgan fingerprint density at radius 3 is 2.71 bits per heavy atom. The highest BCUT2D eigenvalue weighted by molar-refractivity contribution is 5.64. The first-order valence-electron chi connectivity index (χ1n) is 7.66. The fraction of sp³-hybridized carbons (Fsp3) is 0.316. The lowest BCUT2D eigenvalue weighted by Gasteiger charge is -2.13. The van der Waals surface area contributed by atoms with Crippen molar-refractivity contribution in [3.05, 3.63) is 54.4 Å². The van der Waals surface area contributed by atoms with E-state index < -0.39 is 0 Å². The highest BCUT2D eigenvalue weighted by atomic mass is 15.0. The zero-order chi connectivity index (χ0) is 14.1. The van der Waals surface area contributed by atoms with Gasteiger partial charge < -0.3 is 5.32 Å². The van der Waals surface area contributed by atoms with Crippen LogP contribution in [0, 0.1) is 17.8 Å². The van der Waals surface area contributed by atoms with E-state index in [0.29, 0.717) is 18.0 Å². The summed E-state index contributed by atoms with van der Waals surface area (Å²) >= 11 is 0. The Morgan fingerprint density at radius 2 is 1.95 bits per heavy atom. The summed E-state index contributed by atoms with van der Waals surface area (Å²) < 4.78 is 0. The smallest absolute Gasteiger partial charge is 0.0435 e. The zero-order valence-electron chi connectivity index (χ0n) is 11.9. The predicted molar refractivity (Wildman–Crippen MR) is 84.6 cm³/mol. The van der Waals surface area contributed by atoms with E-state index in [1.54, 1.807) is 0 Å². The molecule has 1 aromatic carbocycles. The van der Waals surface area contributed by atoms with Gasteiger partial charge in [0.1, 0.15) is 0 Å². The van der Waals surface area contributed by atoms with Gasteiger partial charge in [-0.1, -0.05) is 42.2 Å². The first-order valence-corrected chi connectivity index (χ1v) is 7.66. The Morgan fingerprint density at radius 1 is 1.05 bits per heavy atom. The molecule has 104 valence electrons. The first-order chi connectivity index (χ1) is 10.4. The van der Waals surface area contributed by atoms with Crippen LogP contribution < -0.4 is 5.32 Å². The Balaban J connectivity index is 1.57. The largest absolute Gasteiger partial charge is 0.310 e. The van der Waals surface area contributed by atoms with E-state index in [1.807, 2.05) is 18.5 Å². The molecule has 0 aliphatic carbocycles. The average molecular weight is 274 g/mol. The topological polar surface area (TPSA) is 24.9 Å². The lowest BCUT2D eigenvalue weighted by atomic mass is 9.89. The monoisotopic (exact) mass is 274 g/mol. The lowest BCUT2D eigenvalue weighted by molar-refractivity contribution is 0.493. The van der Waals surface area contributed by atoms with Crippen LogP contribution in [0.25, 0.3) is 11.1 Å². The summed E-state index contributed by atoms with van der Waals surface area (Å²) in [5, 5.41) is 3.63. The molecule has 2 fully saturated rings. The second-order valence-electron chi connectivity index (χ2n) is 5.99. The van der Waals surface area contributed by atoms with Gasteiger partial charge in [-0.05, 0) is 30.9 Å². The molecule has 2 saturated heterocycles. The zero-order valence-corrected chi connectivity index (χ0v) is 11.9. The summed E-state index contributed by atoms with van der Waals surface area (Å²) in [6, 6.07) is 13.8. The molecule has 2 bridgehead atoms. The molecule has 3 unspecified atom stereocenters. The van der Waals surface area contributed by atoms with E-state index in [-0.39, 0.29) is 0 Å². The molecular formula is C19H18N2. The van der Waals surface area contributed by atoms with Crippen LogP contribution in [-0.4, -0.2) is 17.1 Å². The van der Waals surface area contributed by atoms with Crippen molar-refractivity contribution in [1.82, 2.24) is 10.3 Å². The third-order valence-electron chi connectivity index (χ3n) is 4.55. The summed E-state index contributed by atoms with van der Waals surface area (Å²) in [7, 11) is 0. The Hall–Kier alpha value is -2.11. The quantitative estimate of drug-likeness (QED) is 0.808. The average Bonchev–Trinajstić information content (AvgIpc) is 3.17. The minimum Gasteiger partial charge on any atom is -0.310 e. The van der Waals surface area contributed by atoms with Gasteiger partial charge in [-0.25, -0.2) is 0 Å². The fourth-order valence-corrected chi connectivity index (χ4v) is 3.46. The molecule has 2 aromatic rings. The first kappa shape index (κ1) is 12.6. The molecule has 2 aliphatic rings. The van der Waals surface area contributed by atoms with Crippen LogP contribution in [0.5, 0.6) is 0 Å². The van der Waals surface area contributed by atoms with Crippen LogP contribution in [0.2, 0.25) is 0 Å². The predicted octanol–water partition coefficient (Wildman–Crippen LogP) is 3.24. The van der Waals surface area contributed by atoms with Gasteiger partial charge in [0.05, 0.1) is 0 Å². The summed E-state index contributed by atoms with van der Waals surface area (Å²) in [5.74, 6) is 7.30. The maximum Gasteiger partial charge on any atom is 0.0435 e. The molecule has 0 saturated carbocycles. The Labute approximate surface area is 125 Å². The van der Waals surface area contributed by atoms with Crippen molar-refractivity contribution in [3.63, 3.8) is 0 Å². The van der Waals surface area contributed by atoms with E-state index in [2.05, 4.69) is 52.5 Å². The molecule has 3 heterocycles. The molecule has 1 N–H and O–H groups in total. The van der Waals surface area contributed by atoms with Crippen molar-refractivity contribution in [3.8, 4) is 23.0 Å². The van der Waals surface area contributed by atoms with Crippen molar-refractivity contribution in [2.45, 2.75) is 31.3 Å². The molecule has 0 amide bonds. The Bertz CT molecular complexity index is 696. The molecule has 21 heavy (non-hydrogen) atoms. The molecule has 1 aromatic heterocycles. The number of hydrogen-bond donors (Lipinski definition) is 1. The van der Waals surface area contributed by atoms with E-state index in [4.69, 9.17) is 0 Å². The van der Waals surface area contributed by atoms with Crippen LogP contribution in [0.4, 0.5) is 0 Å². The van der Waals surface area contributed by atoms with E-state index in [1.165, 1.54) is 24.8 Å². The summed E-state index contributed by atoms with van der Waals surface area (Å²) in [6.07, 6.45) is 7.59. The number of rotatable bonds is 1. The molecule has 0 spiro atoms. The van der Waals surface area contributed by atoms with E-state index in [9.17, 15) is 0 Å². The molecule has 2 heteroatoms. The van der Waals surface area contributed by atoms with Gasteiger partial charge in [0.25, 0.3) is 0 Å². The summed E-state index contributed by atoms with van der Waals surface area (Å²) in [6.45, 7) is 0. The van der Waals surface area contributed by atoms with Crippen molar-refractivity contribution in [2.75, 3.05) is 0 Å².